The number of anilines is 1. The van der Waals surface area contributed by atoms with Crippen LogP contribution in [0.5, 0.6) is 11.8 Å². The van der Waals surface area contributed by atoms with Crippen LogP contribution in [0, 0.1) is 23.2 Å². The number of imidazole rings is 1. The lowest BCUT2D eigenvalue weighted by Crippen LogP contribution is -2.41. The first-order valence-corrected chi connectivity index (χ1v) is 13.8. The fourth-order valence-electron chi connectivity index (χ4n) is 5.59. The van der Waals surface area contributed by atoms with E-state index in [0.717, 1.165) is 36.8 Å². The third kappa shape index (κ3) is 5.40. The standard InChI is InChI=1S/C29H30ClN7O2/c1-19-7-9-20(10-8-19)17-37-26-27(33-24(15-31)34-28(26)39-25-12-11-22(30)16-32-25)35-29(37)36-13-14-38-18-23(36)21-5-3-2-4-6-21/h2-6,11-12,16,19-20,23H,7-10,13-14,17-18H2,1H3. The van der Waals surface area contributed by atoms with Gasteiger partial charge in [0.1, 0.15) is 6.07 Å². The Morgan fingerprint density at radius 3 is 2.64 bits per heavy atom. The summed E-state index contributed by atoms with van der Waals surface area (Å²) in [5, 5.41) is 10.2. The lowest BCUT2D eigenvalue weighted by Gasteiger charge is -2.37. The van der Waals surface area contributed by atoms with E-state index in [-0.39, 0.29) is 17.7 Å². The number of hydrogen-bond acceptors (Lipinski definition) is 8. The summed E-state index contributed by atoms with van der Waals surface area (Å²) in [6.07, 6.45) is 6.24. The third-order valence-electron chi connectivity index (χ3n) is 7.70. The van der Waals surface area contributed by atoms with Crippen molar-refractivity contribution in [2.24, 2.45) is 11.8 Å². The molecule has 39 heavy (non-hydrogen) atoms. The van der Waals surface area contributed by atoms with Crippen molar-refractivity contribution in [3.8, 4) is 17.8 Å². The molecule has 4 heterocycles. The Hall–Kier alpha value is -3.74. The average molecular weight is 544 g/mol. The van der Waals surface area contributed by atoms with E-state index >= 15 is 0 Å². The van der Waals surface area contributed by atoms with Crippen LogP contribution < -0.4 is 9.64 Å². The normalized spacial score (nSPS) is 21.6. The number of nitrogens with zero attached hydrogens (tertiary/aromatic N) is 7. The van der Waals surface area contributed by atoms with Gasteiger partial charge >= 0.3 is 0 Å². The number of nitriles is 1. The molecule has 1 atom stereocenters. The SMILES string of the molecule is CC1CCC(Cn2c(N3CCOCC3c3ccccc3)nc3nc(C#N)nc(Oc4ccc(Cl)cn4)c32)CC1. The zero-order valence-electron chi connectivity index (χ0n) is 21.8. The lowest BCUT2D eigenvalue weighted by atomic mass is 9.83. The summed E-state index contributed by atoms with van der Waals surface area (Å²) < 4.78 is 14.3. The van der Waals surface area contributed by atoms with Crippen LogP contribution in [-0.4, -0.2) is 44.3 Å². The number of fused-ring (bicyclic) bond motifs is 1. The molecule has 1 unspecified atom stereocenters. The molecule has 1 saturated carbocycles. The highest BCUT2D eigenvalue weighted by molar-refractivity contribution is 6.30. The topological polar surface area (TPSA) is 102 Å². The number of halogens is 1. The molecule has 0 bridgehead atoms. The molecule has 9 nitrogen and oxygen atoms in total. The molecular formula is C29H30ClN7O2. The quantitative estimate of drug-likeness (QED) is 0.294. The van der Waals surface area contributed by atoms with E-state index in [1.54, 1.807) is 12.1 Å². The maximum Gasteiger partial charge on any atom is 0.251 e. The van der Waals surface area contributed by atoms with Gasteiger partial charge < -0.3 is 18.9 Å². The van der Waals surface area contributed by atoms with Crippen LogP contribution in [0.15, 0.2) is 48.7 Å². The number of benzene rings is 1. The molecule has 3 aromatic heterocycles. The molecule has 10 heteroatoms. The Morgan fingerprint density at radius 1 is 1.08 bits per heavy atom. The van der Waals surface area contributed by atoms with Gasteiger partial charge in [-0.1, -0.05) is 61.7 Å². The van der Waals surface area contributed by atoms with Gasteiger partial charge in [-0.15, -0.1) is 0 Å². The first-order chi connectivity index (χ1) is 19.1. The second kappa shape index (κ2) is 11.2. The summed E-state index contributed by atoms with van der Waals surface area (Å²) in [6, 6.07) is 15.8. The average Bonchev–Trinajstić information content (AvgIpc) is 3.34. The predicted molar refractivity (Wildman–Crippen MR) is 148 cm³/mol. The molecule has 0 amide bonds. The number of rotatable bonds is 6. The number of morpholine rings is 1. The molecule has 0 spiro atoms. The number of hydrogen-bond donors (Lipinski definition) is 0. The van der Waals surface area contributed by atoms with Crippen LogP contribution in [0.2, 0.25) is 5.02 Å². The largest absolute Gasteiger partial charge is 0.418 e. The summed E-state index contributed by atoms with van der Waals surface area (Å²) in [5.74, 6) is 2.62. The van der Waals surface area contributed by atoms with Crippen molar-refractivity contribution in [2.45, 2.75) is 45.2 Å². The fraction of sp³-hybridized carbons (Fsp3) is 0.414. The number of aromatic nitrogens is 5. The molecule has 200 valence electrons. The van der Waals surface area contributed by atoms with E-state index in [0.29, 0.717) is 47.7 Å². The van der Waals surface area contributed by atoms with E-state index in [4.69, 9.17) is 26.1 Å². The van der Waals surface area contributed by atoms with E-state index in [1.165, 1.54) is 19.0 Å². The van der Waals surface area contributed by atoms with Crippen molar-refractivity contribution in [1.82, 2.24) is 24.5 Å². The summed E-state index contributed by atoms with van der Waals surface area (Å²) in [5.41, 5.74) is 2.26. The molecule has 1 aromatic carbocycles. The smallest absolute Gasteiger partial charge is 0.251 e. The van der Waals surface area contributed by atoms with Crippen LogP contribution in [0.1, 0.15) is 50.0 Å². The Balaban J connectivity index is 1.49. The van der Waals surface area contributed by atoms with Crippen LogP contribution in [0.25, 0.3) is 11.2 Å². The number of pyridine rings is 1. The van der Waals surface area contributed by atoms with Crippen molar-refractivity contribution in [3.63, 3.8) is 0 Å². The highest BCUT2D eigenvalue weighted by Crippen LogP contribution is 2.38. The predicted octanol–water partition coefficient (Wildman–Crippen LogP) is 5.94. The van der Waals surface area contributed by atoms with Gasteiger partial charge in [0.15, 0.2) is 11.2 Å². The minimum atomic E-state index is -0.00686. The summed E-state index contributed by atoms with van der Waals surface area (Å²) in [6.45, 7) is 4.92. The van der Waals surface area contributed by atoms with Gasteiger partial charge in [0.25, 0.3) is 5.88 Å². The molecule has 2 aliphatic rings. The second-order valence-corrected chi connectivity index (χ2v) is 10.8. The monoisotopic (exact) mass is 543 g/mol. The van der Waals surface area contributed by atoms with Gasteiger partial charge in [-0.05, 0) is 36.3 Å². The van der Waals surface area contributed by atoms with Crippen molar-refractivity contribution < 1.29 is 9.47 Å². The Bertz CT molecular complexity index is 1480. The summed E-state index contributed by atoms with van der Waals surface area (Å²) in [4.78, 5) is 20.6. The summed E-state index contributed by atoms with van der Waals surface area (Å²) >= 11 is 6.04. The molecule has 2 fully saturated rings. The third-order valence-corrected chi connectivity index (χ3v) is 7.92. The minimum Gasteiger partial charge on any atom is -0.418 e. The molecule has 1 aliphatic heterocycles. The highest BCUT2D eigenvalue weighted by atomic mass is 35.5. The van der Waals surface area contributed by atoms with Crippen LogP contribution in [0.4, 0.5) is 5.95 Å². The zero-order chi connectivity index (χ0) is 26.8. The first kappa shape index (κ1) is 25.5. The zero-order valence-corrected chi connectivity index (χ0v) is 22.6. The first-order valence-electron chi connectivity index (χ1n) is 13.5. The van der Waals surface area contributed by atoms with Crippen molar-refractivity contribution in [3.05, 3.63) is 65.1 Å². The Labute approximate surface area is 232 Å². The molecule has 0 N–H and O–H groups in total. The van der Waals surface area contributed by atoms with Gasteiger partial charge in [0.2, 0.25) is 17.7 Å². The maximum absolute atomic E-state index is 9.70. The van der Waals surface area contributed by atoms with Crippen molar-refractivity contribution >= 4 is 28.7 Å². The highest BCUT2D eigenvalue weighted by Gasteiger charge is 2.32. The van der Waals surface area contributed by atoms with Crippen molar-refractivity contribution in [1.29, 1.82) is 5.26 Å². The molecule has 4 aromatic rings. The van der Waals surface area contributed by atoms with Gasteiger partial charge in [-0.25, -0.2) is 4.98 Å². The molecule has 6 rings (SSSR count). The van der Waals surface area contributed by atoms with Crippen LogP contribution >= 0.6 is 11.6 Å². The Kier molecular flexibility index (Phi) is 7.31. The van der Waals surface area contributed by atoms with E-state index in [9.17, 15) is 5.26 Å². The maximum atomic E-state index is 9.70. The number of ether oxygens (including phenoxy) is 2. The van der Waals surface area contributed by atoms with E-state index in [1.807, 2.05) is 18.2 Å². The van der Waals surface area contributed by atoms with Gasteiger partial charge in [0.05, 0.1) is 24.3 Å². The molecule has 0 radical (unpaired) electrons. The Morgan fingerprint density at radius 2 is 1.90 bits per heavy atom. The van der Waals surface area contributed by atoms with Gasteiger partial charge in [-0.2, -0.15) is 20.2 Å². The van der Waals surface area contributed by atoms with Gasteiger partial charge in [0, 0.05) is 25.4 Å². The second-order valence-electron chi connectivity index (χ2n) is 10.4. The minimum absolute atomic E-state index is 0.00394. The van der Waals surface area contributed by atoms with Crippen molar-refractivity contribution in [2.75, 3.05) is 24.7 Å². The molecule has 1 saturated heterocycles. The summed E-state index contributed by atoms with van der Waals surface area (Å²) in [7, 11) is 0. The molecule has 1 aliphatic carbocycles. The van der Waals surface area contributed by atoms with Crippen LogP contribution in [0.3, 0.4) is 0 Å². The van der Waals surface area contributed by atoms with E-state index in [2.05, 4.69) is 49.5 Å². The lowest BCUT2D eigenvalue weighted by molar-refractivity contribution is 0.0927. The van der Waals surface area contributed by atoms with E-state index < -0.39 is 0 Å². The van der Waals surface area contributed by atoms with Gasteiger partial charge in [-0.3, -0.25) is 0 Å². The van der Waals surface area contributed by atoms with Crippen LogP contribution in [-0.2, 0) is 11.3 Å². The fourth-order valence-corrected chi connectivity index (χ4v) is 5.70. The molecular weight excluding hydrogens is 514 g/mol.